The van der Waals surface area contributed by atoms with Crippen LogP contribution in [0.1, 0.15) is 50.7 Å². The third kappa shape index (κ3) is 5.72. The molecule has 3 heteroatoms. The van der Waals surface area contributed by atoms with Crippen LogP contribution in [0.5, 0.6) is 0 Å². The highest BCUT2D eigenvalue weighted by atomic mass is 16.5. The summed E-state index contributed by atoms with van der Waals surface area (Å²) in [7, 11) is 1.36. The van der Waals surface area contributed by atoms with Crippen LogP contribution in [0.4, 0.5) is 0 Å². The van der Waals surface area contributed by atoms with Gasteiger partial charge < -0.3 is 10.5 Å². The van der Waals surface area contributed by atoms with Gasteiger partial charge in [-0.25, -0.2) is 0 Å². The van der Waals surface area contributed by atoms with Crippen molar-refractivity contribution in [3.05, 3.63) is 47.0 Å². The molecule has 21 heavy (non-hydrogen) atoms. The van der Waals surface area contributed by atoms with Gasteiger partial charge in [-0.15, -0.1) is 0 Å². The molecule has 3 nitrogen and oxygen atoms in total. The van der Waals surface area contributed by atoms with Crippen molar-refractivity contribution in [1.29, 1.82) is 0 Å². The molecule has 2 atom stereocenters. The Morgan fingerprint density at radius 1 is 1.33 bits per heavy atom. The van der Waals surface area contributed by atoms with Gasteiger partial charge in [0.05, 0.1) is 7.11 Å². The molecule has 1 aromatic carbocycles. The molecule has 0 aliphatic carbocycles. The van der Waals surface area contributed by atoms with Gasteiger partial charge in [-0.3, -0.25) is 4.79 Å². The number of allylic oxidation sites excluding steroid dienone is 1. The highest BCUT2D eigenvalue weighted by molar-refractivity contribution is 5.75. The van der Waals surface area contributed by atoms with Gasteiger partial charge in [0.15, 0.2) is 0 Å². The van der Waals surface area contributed by atoms with E-state index in [0.717, 1.165) is 18.4 Å². The average Bonchev–Trinajstić information content (AvgIpc) is 2.51. The summed E-state index contributed by atoms with van der Waals surface area (Å²) < 4.78 is 4.64. The normalized spacial score (nSPS) is 14.6. The lowest BCUT2D eigenvalue weighted by Gasteiger charge is -2.12. The Morgan fingerprint density at radius 2 is 1.95 bits per heavy atom. The van der Waals surface area contributed by atoms with E-state index in [1.165, 1.54) is 18.2 Å². The summed E-state index contributed by atoms with van der Waals surface area (Å²) in [6, 6.07) is 8.22. The summed E-state index contributed by atoms with van der Waals surface area (Å²) >= 11 is 0. The van der Waals surface area contributed by atoms with Crippen molar-refractivity contribution in [3.8, 4) is 0 Å². The minimum atomic E-state index is -0.564. The third-order valence-electron chi connectivity index (χ3n) is 3.82. The molecule has 1 rings (SSSR count). The molecule has 0 spiro atoms. The molecule has 0 aliphatic heterocycles. The number of carbonyl (C=O) groups excluding carboxylic acids is 1. The van der Waals surface area contributed by atoms with E-state index in [1.54, 1.807) is 0 Å². The first-order valence-corrected chi connectivity index (χ1v) is 7.55. The molecule has 0 amide bonds. The lowest BCUT2D eigenvalue weighted by molar-refractivity contribution is -0.142. The topological polar surface area (TPSA) is 52.3 Å². The number of hydrogen-bond donors (Lipinski definition) is 1. The number of ether oxygens (including phenoxy) is 1. The number of nitrogens with two attached hydrogens (primary N) is 1. The quantitative estimate of drug-likeness (QED) is 0.616. The molecule has 116 valence electrons. The maximum Gasteiger partial charge on any atom is 0.322 e. The van der Waals surface area contributed by atoms with Crippen LogP contribution in [0.3, 0.4) is 0 Å². The van der Waals surface area contributed by atoms with Gasteiger partial charge in [-0.2, -0.15) is 0 Å². The first-order chi connectivity index (χ1) is 9.97. The number of carbonyl (C=O) groups is 1. The van der Waals surface area contributed by atoms with Crippen LogP contribution in [0, 0.1) is 0 Å². The molecule has 0 saturated heterocycles. The highest BCUT2D eigenvalue weighted by Crippen LogP contribution is 2.21. The second-order valence-electron chi connectivity index (χ2n) is 5.62. The smallest absolute Gasteiger partial charge is 0.322 e. The second-order valence-corrected chi connectivity index (χ2v) is 5.62. The zero-order chi connectivity index (χ0) is 15.8. The maximum atomic E-state index is 11.3. The van der Waals surface area contributed by atoms with Crippen molar-refractivity contribution in [2.45, 2.75) is 52.0 Å². The Kier molecular flexibility index (Phi) is 7.17. The minimum absolute atomic E-state index is 0.356. The number of aryl methyl sites for hydroxylation is 1. The lowest BCUT2D eigenvalue weighted by Crippen LogP contribution is -2.31. The number of methoxy groups -OCH3 is 1. The zero-order valence-electron chi connectivity index (χ0n) is 13.6. The SMILES string of the molecule is CCc1ccc(C(C)C/C=C(\C)C[C@@H](N)C(=O)OC)cc1. The number of esters is 1. The Balaban J connectivity index is 2.55. The van der Waals surface area contributed by atoms with Gasteiger partial charge in [0.2, 0.25) is 0 Å². The molecular weight excluding hydrogens is 262 g/mol. The van der Waals surface area contributed by atoms with E-state index in [4.69, 9.17) is 5.73 Å². The van der Waals surface area contributed by atoms with E-state index in [0.29, 0.717) is 12.3 Å². The van der Waals surface area contributed by atoms with Crippen LogP contribution in [0.2, 0.25) is 0 Å². The Hall–Kier alpha value is -1.61. The van der Waals surface area contributed by atoms with E-state index in [1.807, 2.05) is 6.92 Å². The van der Waals surface area contributed by atoms with E-state index in [9.17, 15) is 4.79 Å². The van der Waals surface area contributed by atoms with Gasteiger partial charge in [-0.1, -0.05) is 49.8 Å². The second kappa shape index (κ2) is 8.63. The molecular formula is C18H27NO2. The van der Waals surface area contributed by atoms with Gasteiger partial charge in [0, 0.05) is 0 Å². The molecule has 0 aliphatic rings. The summed E-state index contributed by atoms with van der Waals surface area (Å²) in [6.07, 6.45) is 4.74. The van der Waals surface area contributed by atoms with Crippen molar-refractivity contribution < 1.29 is 9.53 Å². The largest absolute Gasteiger partial charge is 0.468 e. The summed E-state index contributed by atoms with van der Waals surface area (Å²) in [6.45, 7) is 6.38. The predicted octanol–water partition coefficient (Wildman–Crippen LogP) is 3.58. The molecule has 0 saturated carbocycles. The van der Waals surface area contributed by atoms with E-state index >= 15 is 0 Å². The van der Waals surface area contributed by atoms with Crippen LogP contribution in [0.15, 0.2) is 35.9 Å². The molecule has 0 heterocycles. The van der Waals surface area contributed by atoms with Crippen molar-refractivity contribution >= 4 is 5.97 Å². The molecule has 0 bridgehead atoms. The third-order valence-corrected chi connectivity index (χ3v) is 3.82. The molecule has 0 aromatic heterocycles. The van der Waals surface area contributed by atoms with E-state index < -0.39 is 6.04 Å². The fourth-order valence-corrected chi connectivity index (χ4v) is 2.26. The Bertz CT molecular complexity index is 476. The van der Waals surface area contributed by atoms with Crippen LogP contribution in [0.25, 0.3) is 0 Å². The first kappa shape index (κ1) is 17.4. The van der Waals surface area contributed by atoms with Crippen LogP contribution in [-0.4, -0.2) is 19.1 Å². The molecule has 2 N–H and O–H groups in total. The number of benzene rings is 1. The van der Waals surface area contributed by atoms with Crippen LogP contribution >= 0.6 is 0 Å². The monoisotopic (exact) mass is 289 g/mol. The van der Waals surface area contributed by atoms with Crippen molar-refractivity contribution in [2.24, 2.45) is 5.73 Å². The zero-order valence-corrected chi connectivity index (χ0v) is 13.6. The Morgan fingerprint density at radius 3 is 2.48 bits per heavy atom. The average molecular weight is 289 g/mol. The predicted molar refractivity (Wildman–Crippen MR) is 87.2 cm³/mol. The number of hydrogen-bond acceptors (Lipinski definition) is 3. The Labute approximate surface area is 128 Å². The van der Waals surface area contributed by atoms with Gasteiger partial charge >= 0.3 is 5.97 Å². The lowest BCUT2D eigenvalue weighted by atomic mass is 9.94. The fourth-order valence-electron chi connectivity index (χ4n) is 2.26. The van der Waals surface area contributed by atoms with Gasteiger partial charge in [0.1, 0.15) is 6.04 Å². The van der Waals surface area contributed by atoms with E-state index in [2.05, 4.69) is 48.9 Å². The van der Waals surface area contributed by atoms with Gasteiger partial charge in [-0.05, 0) is 43.2 Å². The fraction of sp³-hybridized carbons (Fsp3) is 0.500. The summed E-state index contributed by atoms with van der Waals surface area (Å²) in [4.78, 5) is 11.3. The van der Waals surface area contributed by atoms with Crippen molar-refractivity contribution in [2.75, 3.05) is 7.11 Å². The molecule has 0 fully saturated rings. The molecule has 1 aromatic rings. The highest BCUT2D eigenvalue weighted by Gasteiger charge is 2.13. The first-order valence-electron chi connectivity index (χ1n) is 7.55. The number of rotatable bonds is 7. The van der Waals surface area contributed by atoms with Gasteiger partial charge in [0.25, 0.3) is 0 Å². The standard InChI is InChI=1S/C18H27NO2/c1-5-15-8-10-16(11-9-15)14(3)7-6-13(2)12-17(19)18(20)21-4/h6,8-11,14,17H,5,7,12,19H2,1-4H3/b13-6+/t14?,17-/m1/s1. The van der Waals surface area contributed by atoms with Crippen molar-refractivity contribution in [1.82, 2.24) is 0 Å². The van der Waals surface area contributed by atoms with E-state index in [-0.39, 0.29) is 5.97 Å². The van der Waals surface area contributed by atoms with Crippen LogP contribution in [-0.2, 0) is 16.0 Å². The molecule has 0 radical (unpaired) electrons. The van der Waals surface area contributed by atoms with Crippen LogP contribution < -0.4 is 5.73 Å². The maximum absolute atomic E-state index is 11.3. The summed E-state index contributed by atoms with van der Waals surface area (Å²) in [5.41, 5.74) is 9.60. The summed E-state index contributed by atoms with van der Waals surface area (Å²) in [5.74, 6) is 0.103. The summed E-state index contributed by atoms with van der Waals surface area (Å²) in [5, 5.41) is 0. The minimum Gasteiger partial charge on any atom is -0.468 e. The van der Waals surface area contributed by atoms with Crippen molar-refractivity contribution in [3.63, 3.8) is 0 Å². The molecule has 1 unspecified atom stereocenters.